The van der Waals surface area contributed by atoms with Crippen LogP contribution in [0.15, 0.2) is 18.2 Å². The predicted octanol–water partition coefficient (Wildman–Crippen LogP) is 1.93. The smallest absolute Gasteiger partial charge is 0.335 e. The van der Waals surface area contributed by atoms with Crippen molar-refractivity contribution in [1.82, 2.24) is 4.90 Å². The molecule has 0 atom stereocenters. The summed E-state index contributed by atoms with van der Waals surface area (Å²) < 4.78 is 0. The van der Waals surface area contributed by atoms with Crippen LogP contribution in [0.25, 0.3) is 0 Å². The SMILES string of the molecule is Cc1ccc(C(=O)O)cc1NC(=O)N(C)CC(C)(C)O. The van der Waals surface area contributed by atoms with Crippen LogP contribution in [-0.4, -0.2) is 46.3 Å². The Kier molecular flexibility index (Phi) is 4.73. The number of carboxylic acids is 1. The number of aryl methyl sites for hydroxylation is 1. The highest BCUT2D eigenvalue weighted by atomic mass is 16.4. The molecule has 0 aliphatic heterocycles. The van der Waals surface area contributed by atoms with Gasteiger partial charge in [-0.2, -0.15) is 0 Å². The van der Waals surface area contributed by atoms with Crippen LogP contribution >= 0.6 is 0 Å². The summed E-state index contributed by atoms with van der Waals surface area (Å²) in [6.45, 7) is 5.15. The molecular formula is C14H20N2O4. The summed E-state index contributed by atoms with van der Waals surface area (Å²) in [7, 11) is 1.56. The molecule has 0 heterocycles. The summed E-state index contributed by atoms with van der Waals surface area (Å²) in [5, 5.41) is 21.3. The van der Waals surface area contributed by atoms with Gasteiger partial charge in [0.1, 0.15) is 0 Å². The van der Waals surface area contributed by atoms with Crippen molar-refractivity contribution in [3.63, 3.8) is 0 Å². The highest BCUT2D eigenvalue weighted by molar-refractivity contribution is 5.93. The number of urea groups is 1. The summed E-state index contributed by atoms with van der Waals surface area (Å²) >= 11 is 0. The molecule has 0 saturated carbocycles. The number of amides is 2. The van der Waals surface area contributed by atoms with Crippen molar-refractivity contribution in [3.8, 4) is 0 Å². The average Bonchev–Trinajstić information content (AvgIpc) is 2.29. The minimum absolute atomic E-state index is 0.107. The maximum Gasteiger partial charge on any atom is 0.335 e. The lowest BCUT2D eigenvalue weighted by Crippen LogP contribution is -2.41. The maximum absolute atomic E-state index is 12.0. The fraction of sp³-hybridized carbons (Fsp3) is 0.429. The number of likely N-dealkylation sites (N-methyl/N-ethyl adjacent to an activating group) is 1. The van der Waals surface area contributed by atoms with E-state index in [0.29, 0.717) is 5.69 Å². The van der Waals surface area contributed by atoms with Crippen molar-refractivity contribution in [2.24, 2.45) is 0 Å². The lowest BCUT2D eigenvalue weighted by molar-refractivity contribution is 0.0550. The van der Waals surface area contributed by atoms with Gasteiger partial charge < -0.3 is 20.4 Å². The fourth-order valence-electron chi connectivity index (χ4n) is 1.75. The van der Waals surface area contributed by atoms with Crippen LogP contribution < -0.4 is 5.32 Å². The molecule has 1 rings (SSSR count). The molecule has 6 nitrogen and oxygen atoms in total. The van der Waals surface area contributed by atoms with Gasteiger partial charge in [-0.3, -0.25) is 0 Å². The first kappa shape index (κ1) is 16.0. The number of rotatable bonds is 4. The third kappa shape index (κ3) is 4.55. The lowest BCUT2D eigenvalue weighted by Gasteiger charge is -2.26. The van der Waals surface area contributed by atoms with Crippen LogP contribution in [-0.2, 0) is 0 Å². The lowest BCUT2D eigenvalue weighted by atomic mass is 10.1. The first-order chi connectivity index (χ1) is 9.10. The van der Waals surface area contributed by atoms with Crippen molar-refractivity contribution in [1.29, 1.82) is 0 Å². The summed E-state index contributed by atoms with van der Waals surface area (Å²) in [4.78, 5) is 24.2. The zero-order valence-electron chi connectivity index (χ0n) is 12.1. The van der Waals surface area contributed by atoms with Crippen LogP contribution in [0.5, 0.6) is 0 Å². The molecule has 0 aliphatic carbocycles. The van der Waals surface area contributed by atoms with Gasteiger partial charge in [-0.15, -0.1) is 0 Å². The van der Waals surface area contributed by atoms with Gasteiger partial charge in [0.15, 0.2) is 0 Å². The minimum Gasteiger partial charge on any atom is -0.478 e. The number of carboxylic acid groups (broad SMARTS) is 1. The summed E-state index contributed by atoms with van der Waals surface area (Å²) in [5.41, 5.74) is 0.317. The molecule has 0 fully saturated rings. The van der Waals surface area contributed by atoms with Crippen molar-refractivity contribution in [2.75, 3.05) is 18.9 Å². The second-order valence-corrected chi connectivity index (χ2v) is 5.43. The Bertz CT molecular complexity index is 520. The number of hydrogen-bond donors (Lipinski definition) is 3. The van der Waals surface area contributed by atoms with E-state index in [4.69, 9.17) is 5.11 Å². The van der Waals surface area contributed by atoms with E-state index in [-0.39, 0.29) is 12.1 Å². The van der Waals surface area contributed by atoms with Crippen molar-refractivity contribution in [3.05, 3.63) is 29.3 Å². The molecule has 1 aromatic rings. The number of aliphatic hydroxyl groups is 1. The van der Waals surface area contributed by atoms with Crippen LogP contribution in [0.4, 0.5) is 10.5 Å². The largest absolute Gasteiger partial charge is 0.478 e. The Morgan fingerprint density at radius 2 is 1.95 bits per heavy atom. The van der Waals surface area contributed by atoms with E-state index in [1.807, 2.05) is 0 Å². The molecule has 0 saturated heterocycles. The highest BCUT2D eigenvalue weighted by Gasteiger charge is 2.20. The van der Waals surface area contributed by atoms with E-state index in [0.717, 1.165) is 5.56 Å². The zero-order chi connectivity index (χ0) is 15.5. The molecule has 0 bridgehead atoms. The Balaban J connectivity index is 2.85. The molecule has 3 N–H and O–H groups in total. The Morgan fingerprint density at radius 1 is 1.35 bits per heavy atom. The topological polar surface area (TPSA) is 89.9 Å². The van der Waals surface area contributed by atoms with E-state index in [9.17, 15) is 14.7 Å². The van der Waals surface area contributed by atoms with Gasteiger partial charge in [-0.1, -0.05) is 6.07 Å². The molecule has 20 heavy (non-hydrogen) atoms. The Hall–Kier alpha value is -2.08. The molecule has 0 aliphatic rings. The van der Waals surface area contributed by atoms with Crippen LogP contribution in [0.3, 0.4) is 0 Å². The van der Waals surface area contributed by atoms with E-state index in [2.05, 4.69) is 5.32 Å². The van der Waals surface area contributed by atoms with Crippen molar-refractivity contribution < 1.29 is 19.8 Å². The van der Waals surface area contributed by atoms with Crippen LogP contribution in [0, 0.1) is 6.92 Å². The van der Waals surface area contributed by atoms with E-state index in [1.165, 1.54) is 17.0 Å². The summed E-state index contributed by atoms with van der Waals surface area (Å²) in [5.74, 6) is -1.05. The zero-order valence-corrected chi connectivity index (χ0v) is 12.1. The van der Waals surface area contributed by atoms with Gasteiger partial charge in [0.2, 0.25) is 0 Å². The van der Waals surface area contributed by atoms with Gasteiger partial charge in [-0.25, -0.2) is 9.59 Å². The molecule has 0 unspecified atom stereocenters. The van der Waals surface area contributed by atoms with Crippen molar-refractivity contribution >= 4 is 17.7 Å². The van der Waals surface area contributed by atoms with Crippen LogP contribution in [0.2, 0.25) is 0 Å². The number of nitrogens with one attached hydrogen (secondary N) is 1. The monoisotopic (exact) mass is 280 g/mol. The third-order valence-electron chi connectivity index (χ3n) is 2.70. The molecule has 0 spiro atoms. The number of aromatic carboxylic acids is 1. The number of carbonyl (C=O) groups excluding carboxylic acids is 1. The van der Waals surface area contributed by atoms with E-state index >= 15 is 0 Å². The third-order valence-corrected chi connectivity index (χ3v) is 2.70. The normalized spacial score (nSPS) is 11.1. The van der Waals surface area contributed by atoms with Gasteiger partial charge >= 0.3 is 12.0 Å². The minimum atomic E-state index is -1.05. The highest BCUT2D eigenvalue weighted by Crippen LogP contribution is 2.17. The van der Waals surface area contributed by atoms with Gasteiger partial charge in [0, 0.05) is 12.7 Å². The standard InChI is InChI=1S/C14H20N2O4/c1-9-5-6-10(12(17)18)7-11(9)15-13(19)16(4)8-14(2,3)20/h5-7,20H,8H2,1-4H3,(H,15,19)(H,17,18). The van der Waals surface area contributed by atoms with E-state index < -0.39 is 17.6 Å². The number of anilines is 1. The Labute approximate surface area is 118 Å². The average molecular weight is 280 g/mol. The van der Waals surface area contributed by atoms with Crippen molar-refractivity contribution in [2.45, 2.75) is 26.4 Å². The number of benzene rings is 1. The summed E-state index contributed by atoms with van der Waals surface area (Å²) in [6.07, 6.45) is 0. The molecule has 1 aromatic carbocycles. The number of nitrogens with zero attached hydrogens (tertiary/aromatic N) is 1. The number of carbonyl (C=O) groups is 2. The molecule has 0 aromatic heterocycles. The number of hydrogen-bond acceptors (Lipinski definition) is 3. The second-order valence-electron chi connectivity index (χ2n) is 5.43. The fourth-order valence-corrected chi connectivity index (χ4v) is 1.75. The predicted molar refractivity (Wildman–Crippen MR) is 76.1 cm³/mol. The van der Waals surface area contributed by atoms with E-state index in [1.54, 1.807) is 33.9 Å². The first-order valence-corrected chi connectivity index (χ1v) is 6.18. The van der Waals surface area contributed by atoms with Crippen LogP contribution in [0.1, 0.15) is 29.8 Å². The molecule has 110 valence electrons. The summed E-state index contributed by atoms with van der Waals surface area (Å²) in [6, 6.07) is 4.12. The maximum atomic E-state index is 12.0. The molecule has 2 amide bonds. The molecule has 0 radical (unpaired) electrons. The van der Waals surface area contributed by atoms with Gasteiger partial charge in [-0.05, 0) is 38.5 Å². The Morgan fingerprint density at radius 3 is 2.45 bits per heavy atom. The molecular weight excluding hydrogens is 260 g/mol. The molecule has 6 heteroatoms. The second kappa shape index (κ2) is 5.92. The van der Waals surface area contributed by atoms with Gasteiger partial charge in [0.05, 0.1) is 17.7 Å². The van der Waals surface area contributed by atoms with Gasteiger partial charge in [0.25, 0.3) is 0 Å². The quantitative estimate of drug-likeness (QED) is 0.786. The first-order valence-electron chi connectivity index (χ1n) is 6.18.